The molecule has 0 aliphatic carbocycles. The third-order valence-electron chi connectivity index (χ3n) is 5.35. The number of unbranched alkanes of at least 4 members (excludes halogenated alkanes) is 2. The van der Waals surface area contributed by atoms with E-state index in [-0.39, 0.29) is 4.90 Å². The summed E-state index contributed by atoms with van der Waals surface area (Å²) in [5.74, 6) is -0.0294. The van der Waals surface area contributed by atoms with Crippen molar-refractivity contribution in [2.75, 3.05) is 11.3 Å². The molecule has 0 saturated carbocycles. The SMILES string of the molecule is CCCCCOC(=O)c1c(C)oc2c1cc(NS(=O)(=O)c1ccccc1)c1ccccc12. The Morgan fingerprint density at radius 3 is 2.38 bits per heavy atom. The van der Waals surface area contributed by atoms with Crippen molar-refractivity contribution in [2.24, 2.45) is 0 Å². The molecule has 0 amide bonds. The van der Waals surface area contributed by atoms with Gasteiger partial charge in [0.2, 0.25) is 0 Å². The van der Waals surface area contributed by atoms with Gasteiger partial charge in [0.05, 0.1) is 17.2 Å². The summed E-state index contributed by atoms with van der Waals surface area (Å²) in [7, 11) is -3.82. The van der Waals surface area contributed by atoms with Crippen LogP contribution in [-0.2, 0) is 14.8 Å². The van der Waals surface area contributed by atoms with Crippen molar-refractivity contribution < 1.29 is 22.4 Å². The molecule has 4 rings (SSSR count). The Kier molecular flexibility index (Phi) is 6.19. The molecule has 7 heteroatoms. The minimum absolute atomic E-state index is 0.156. The van der Waals surface area contributed by atoms with Crippen molar-refractivity contribution >= 4 is 43.4 Å². The minimum atomic E-state index is -3.82. The van der Waals surface area contributed by atoms with Gasteiger partial charge in [0.1, 0.15) is 16.9 Å². The van der Waals surface area contributed by atoms with Gasteiger partial charge < -0.3 is 9.15 Å². The summed E-state index contributed by atoms with van der Waals surface area (Å²) in [4.78, 5) is 13.0. The highest BCUT2D eigenvalue weighted by atomic mass is 32.2. The molecule has 0 unspecified atom stereocenters. The molecular weight excluding hydrogens is 426 g/mol. The van der Waals surface area contributed by atoms with E-state index in [0.29, 0.717) is 45.4 Å². The van der Waals surface area contributed by atoms with Crippen LogP contribution in [0.5, 0.6) is 0 Å². The lowest BCUT2D eigenvalue weighted by molar-refractivity contribution is 0.0498. The molecule has 0 spiro atoms. The molecule has 166 valence electrons. The van der Waals surface area contributed by atoms with E-state index in [1.807, 2.05) is 24.3 Å². The number of fused-ring (bicyclic) bond motifs is 3. The van der Waals surface area contributed by atoms with Crippen LogP contribution < -0.4 is 4.72 Å². The molecule has 0 radical (unpaired) electrons. The third-order valence-corrected chi connectivity index (χ3v) is 6.74. The number of aryl methyl sites for hydroxylation is 1. The van der Waals surface area contributed by atoms with Crippen molar-refractivity contribution in [3.05, 3.63) is 72.0 Å². The summed E-state index contributed by atoms with van der Waals surface area (Å²) in [5.41, 5.74) is 1.22. The van der Waals surface area contributed by atoms with E-state index in [4.69, 9.17) is 9.15 Å². The van der Waals surface area contributed by atoms with Crippen molar-refractivity contribution in [1.29, 1.82) is 0 Å². The van der Waals surface area contributed by atoms with Gasteiger partial charge in [0.15, 0.2) is 0 Å². The monoisotopic (exact) mass is 451 g/mol. The molecule has 1 heterocycles. The zero-order chi connectivity index (χ0) is 22.7. The van der Waals surface area contributed by atoms with E-state index in [2.05, 4.69) is 11.6 Å². The van der Waals surface area contributed by atoms with Crippen molar-refractivity contribution in [1.82, 2.24) is 0 Å². The Labute approximate surface area is 187 Å². The van der Waals surface area contributed by atoms with Crippen LogP contribution in [0, 0.1) is 6.92 Å². The Morgan fingerprint density at radius 1 is 0.969 bits per heavy atom. The Balaban J connectivity index is 1.82. The van der Waals surface area contributed by atoms with Gasteiger partial charge in [-0.15, -0.1) is 0 Å². The van der Waals surface area contributed by atoms with Crippen LogP contribution in [0.25, 0.3) is 21.7 Å². The second kappa shape index (κ2) is 9.04. The molecule has 1 aromatic heterocycles. The van der Waals surface area contributed by atoms with Crippen LogP contribution in [0.2, 0.25) is 0 Å². The van der Waals surface area contributed by atoms with Crippen molar-refractivity contribution in [3.8, 4) is 0 Å². The topological polar surface area (TPSA) is 85.6 Å². The number of furan rings is 1. The van der Waals surface area contributed by atoms with Gasteiger partial charge in [0.25, 0.3) is 10.0 Å². The standard InChI is InChI=1S/C25H25NO5S/c1-3-4-10-15-30-25(27)23-17(2)31-24-20-14-9-8-13-19(20)22(16-21(23)24)26-32(28,29)18-11-6-5-7-12-18/h5-9,11-14,16,26H,3-4,10,15H2,1-2H3. The smallest absolute Gasteiger partial charge is 0.342 e. The molecule has 0 saturated heterocycles. The maximum atomic E-state index is 13.0. The van der Waals surface area contributed by atoms with E-state index in [1.54, 1.807) is 31.2 Å². The quantitative estimate of drug-likeness (QED) is 0.261. The number of nitrogens with one attached hydrogen (secondary N) is 1. The predicted octanol–water partition coefficient (Wildman–Crippen LogP) is 6.04. The van der Waals surface area contributed by atoms with Crippen molar-refractivity contribution in [2.45, 2.75) is 38.0 Å². The summed E-state index contributed by atoms with van der Waals surface area (Å²) in [6, 6.07) is 17.1. The molecule has 1 N–H and O–H groups in total. The van der Waals surface area contributed by atoms with Gasteiger partial charge in [-0.25, -0.2) is 13.2 Å². The van der Waals surface area contributed by atoms with Crippen LogP contribution in [0.4, 0.5) is 5.69 Å². The average molecular weight is 452 g/mol. The maximum Gasteiger partial charge on any atom is 0.342 e. The molecule has 4 aromatic rings. The van der Waals surface area contributed by atoms with E-state index in [0.717, 1.165) is 19.3 Å². The van der Waals surface area contributed by atoms with Gasteiger partial charge in [-0.05, 0) is 31.5 Å². The van der Waals surface area contributed by atoms with Crippen molar-refractivity contribution in [3.63, 3.8) is 0 Å². The number of rotatable bonds is 8. The first kappa shape index (κ1) is 21.9. The summed E-state index contributed by atoms with van der Waals surface area (Å²) in [6.45, 7) is 4.13. The van der Waals surface area contributed by atoms with Gasteiger partial charge in [-0.3, -0.25) is 4.72 Å². The number of carbonyl (C=O) groups is 1. The Bertz CT molecular complexity index is 1370. The number of anilines is 1. The largest absolute Gasteiger partial charge is 0.462 e. The maximum absolute atomic E-state index is 13.0. The van der Waals surface area contributed by atoms with E-state index in [1.165, 1.54) is 12.1 Å². The summed E-state index contributed by atoms with van der Waals surface area (Å²) >= 11 is 0. The lowest BCUT2D eigenvalue weighted by atomic mass is 10.0. The number of sulfonamides is 1. The molecule has 0 atom stereocenters. The lowest BCUT2D eigenvalue weighted by Crippen LogP contribution is -2.13. The molecule has 3 aromatic carbocycles. The van der Waals surface area contributed by atoms with Crippen LogP contribution in [-0.4, -0.2) is 21.0 Å². The summed E-state index contributed by atoms with van der Waals surface area (Å²) in [6.07, 6.45) is 2.80. The third kappa shape index (κ3) is 4.21. The second-order valence-corrected chi connectivity index (χ2v) is 9.32. The zero-order valence-corrected chi connectivity index (χ0v) is 18.9. The van der Waals surface area contributed by atoms with Gasteiger partial charge in [-0.1, -0.05) is 62.2 Å². The first-order valence-electron chi connectivity index (χ1n) is 10.6. The predicted molar refractivity (Wildman–Crippen MR) is 126 cm³/mol. The number of benzene rings is 3. The molecule has 0 bridgehead atoms. The van der Waals surface area contributed by atoms with E-state index < -0.39 is 16.0 Å². The molecule has 6 nitrogen and oxygen atoms in total. The van der Waals surface area contributed by atoms with Crippen LogP contribution in [0.3, 0.4) is 0 Å². The average Bonchev–Trinajstić information content (AvgIpc) is 3.13. The van der Waals surface area contributed by atoms with Gasteiger partial charge >= 0.3 is 5.97 Å². The Hall–Kier alpha value is -3.32. The number of ether oxygens (including phenoxy) is 1. The fourth-order valence-corrected chi connectivity index (χ4v) is 4.86. The Morgan fingerprint density at radius 2 is 1.66 bits per heavy atom. The summed E-state index contributed by atoms with van der Waals surface area (Å²) in [5, 5.41) is 1.91. The van der Waals surface area contributed by atoms with E-state index >= 15 is 0 Å². The minimum Gasteiger partial charge on any atom is -0.462 e. The fourth-order valence-electron chi connectivity index (χ4n) is 3.77. The van der Waals surface area contributed by atoms with Crippen LogP contribution >= 0.6 is 0 Å². The van der Waals surface area contributed by atoms with Crippen LogP contribution in [0.15, 0.2) is 70.0 Å². The highest BCUT2D eigenvalue weighted by Crippen LogP contribution is 2.37. The van der Waals surface area contributed by atoms with Gasteiger partial charge in [-0.2, -0.15) is 0 Å². The zero-order valence-electron chi connectivity index (χ0n) is 18.1. The number of hydrogen-bond acceptors (Lipinski definition) is 5. The number of esters is 1. The van der Waals surface area contributed by atoms with Crippen LogP contribution in [0.1, 0.15) is 42.3 Å². The first-order chi connectivity index (χ1) is 15.4. The first-order valence-corrected chi connectivity index (χ1v) is 12.1. The highest BCUT2D eigenvalue weighted by Gasteiger charge is 2.24. The normalized spacial score (nSPS) is 11.7. The highest BCUT2D eigenvalue weighted by molar-refractivity contribution is 7.92. The molecule has 0 aliphatic rings. The second-order valence-electron chi connectivity index (χ2n) is 7.64. The molecular formula is C25H25NO5S. The van der Waals surface area contributed by atoms with Gasteiger partial charge in [0, 0.05) is 16.2 Å². The molecule has 0 fully saturated rings. The lowest BCUT2D eigenvalue weighted by Gasteiger charge is -2.12. The molecule has 32 heavy (non-hydrogen) atoms. The molecule has 0 aliphatic heterocycles. The number of carbonyl (C=O) groups excluding carboxylic acids is 1. The fraction of sp³-hybridized carbons (Fsp3) is 0.240. The van der Waals surface area contributed by atoms with E-state index in [9.17, 15) is 13.2 Å². The summed E-state index contributed by atoms with van der Waals surface area (Å²) < 4.78 is 40.1. The number of hydrogen-bond donors (Lipinski definition) is 1.